The lowest BCUT2D eigenvalue weighted by Gasteiger charge is -2.14. The number of ether oxygens (including phenoxy) is 1. The summed E-state index contributed by atoms with van der Waals surface area (Å²) < 4.78 is 5.32. The number of benzene rings is 1. The van der Waals surface area contributed by atoms with Crippen LogP contribution < -0.4 is 10.9 Å². The molecule has 0 aliphatic rings. The number of H-pyrrole nitrogens is 2. The molecule has 21 heavy (non-hydrogen) atoms. The average Bonchev–Trinajstić information content (AvgIpc) is 2.45. The second-order valence-corrected chi connectivity index (χ2v) is 4.88. The maximum Gasteiger partial charge on any atom is 0.407 e. The van der Waals surface area contributed by atoms with Crippen molar-refractivity contribution in [3.63, 3.8) is 0 Å². The molecular formula is C14H15N3O3S. The van der Waals surface area contributed by atoms with Gasteiger partial charge in [-0.2, -0.15) is 0 Å². The molecule has 3 N–H and O–H groups in total. The molecule has 1 heterocycles. The average molecular weight is 305 g/mol. The van der Waals surface area contributed by atoms with E-state index in [1.165, 1.54) is 6.07 Å². The smallest absolute Gasteiger partial charge is 0.407 e. The highest BCUT2D eigenvalue weighted by atomic mass is 32.1. The van der Waals surface area contributed by atoms with E-state index in [1.807, 2.05) is 30.3 Å². The Morgan fingerprint density at radius 3 is 2.71 bits per heavy atom. The Morgan fingerprint density at radius 1 is 1.33 bits per heavy atom. The summed E-state index contributed by atoms with van der Waals surface area (Å²) in [6.45, 7) is 1.91. The summed E-state index contributed by atoms with van der Waals surface area (Å²) in [7, 11) is 0. The minimum absolute atomic E-state index is 0.185. The second kappa shape index (κ2) is 6.85. The van der Waals surface area contributed by atoms with Crippen LogP contribution in [-0.4, -0.2) is 16.1 Å². The van der Waals surface area contributed by atoms with Crippen LogP contribution in [0.1, 0.15) is 24.2 Å². The van der Waals surface area contributed by atoms with E-state index in [0.29, 0.717) is 5.69 Å². The van der Waals surface area contributed by atoms with Gasteiger partial charge in [0.15, 0.2) is 4.77 Å². The SMILES string of the molecule is CC(NC(=O)OCc1ccccc1)c1cc(=O)[nH]c(=S)[nH]1. The van der Waals surface area contributed by atoms with Crippen LogP contribution in [0.25, 0.3) is 0 Å². The van der Waals surface area contributed by atoms with Gasteiger partial charge in [-0.3, -0.25) is 9.78 Å². The third-order valence-electron chi connectivity index (χ3n) is 2.79. The van der Waals surface area contributed by atoms with E-state index in [4.69, 9.17) is 17.0 Å². The fraction of sp³-hybridized carbons (Fsp3) is 0.214. The first-order chi connectivity index (χ1) is 10.0. The Kier molecular flexibility index (Phi) is 4.89. The molecule has 0 saturated carbocycles. The van der Waals surface area contributed by atoms with Crippen LogP contribution in [0.4, 0.5) is 4.79 Å². The predicted octanol–water partition coefficient (Wildman–Crippen LogP) is 2.42. The van der Waals surface area contributed by atoms with Crippen molar-refractivity contribution in [1.29, 1.82) is 0 Å². The molecule has 6 nitrogen and oxygen atoms in total. The van der Waals surface area contributed by atoms with Crippen LogP contribution in [0.2, 0.25) is 0 Å². The Hall–Kier alpha value is -2.41. The molecule has 7 heteroatoms. The molecule has 0 bridgehead atoms. The number of hydrogen-bond acceptors (Lipinski definition) is 4. The molecule has 110 valence electrons. The number of alkyl carbamates (subject to hydrolysis) is 1. The number of hydrogen-bond donors (Lipinski definition) is 3. The van der Waals surface area contributed by atoms with E-state index in [9.17, 15) is 9.59 Å². The highest BCUT2D eigenvalue weighted by Crippen LogP contribution is 2.07. The van der Waals surface area contributed by atoms with Crippen LogP contribution in [0.3, 0.4) is 0 Å². The molecule has 1 aromatic heterocycles. The second-order valence-electron chi connectivity index (χ2n) is 4.47. The van der Waals surface area contributed by atoms with Gasteiger partial charge >= 0.3 is 6.09 Å². The molecule has 0 spiro atoms. The monoisotopic (exact) mass is 305 g/mol. The van der Waals surface area contributed by atoms with E-state index in [-0.39, 0.29) is 16.9 Å². The predicted molar refractivity (Wildman–Crippen MR) is 80.4 cm³/mol. The lowest BCUT2D eigenvalue weighted by molar-refractivity contribution is 0.136. The number of rotatable bonds is 4. The van der Waals surface area contributed by atoms with Crippen molar-refractivity contribution in [2.75, 3.05) is 0 Å². The molecule has 2 aromatic rings. The van der Waals surface area contributed by atoms with Crippen molar-refractivity contribution in [1.82, 2.24) is 15.3 Å². The molecule has 0 saturated heterocycles. The van der Waals surface area contributed by atoms with Crippen molar-refractivity contribution in [2.45, 2.75) is 19.6 Å². The normalized spacial score (nSPS) is 11.7. The number of aromatic amines is 2. The van der Waals surface area contributed by atoms with Crippen molar-refractivity contribution >= 4 is 18.3 Å². The van der Waals surface area contributed by atoms with E-state index >= 15 is 0 Å². The van der Waals surface area contributed by atoms with Crippen molar-refractivity contribution in [3.05, 3.63) is 62.8 Å². The molecule has 0 aliphatic carbocycles. The summed E-state index contributed by atoms with van der Waals surface area (Å²) in [5.74, 6) is 0. The lowest BCUT2D eigenvalue weighted by Crippen LogP contribution is -2.28. The molecule has 0 fully saturated rings. The van der Waals surface area contributed by atoms with Gasteiger partial charge in [-0.1, -0.05) is 30.3 Å². The summed E-state index contributed by atoms with van der Waals surface area (Å²) in [6, 6.07) is 10.3. The fourth-order valence-corrected chi connectivity index (χ4v) is 1.96. The number of carbonyl (C=O) groups excluding carboxylic acids is 1. The number of amides is 1. The van der Waals surface area contributed by atoms with Crippen LogP contribution in [0.15, 0.2) is 41.2 Å². The highest BCUT2D eigenvalue weighted by molar-refractivity contribution is 7.71. The van der Waals surface area contributed by atoms with Gasteiger partial charge in [0.2, 0.25) is 0 Å². The van der Waals surface area contributed by atoms with Gasteiger partial charge in [-0.15, -0.1) is 0 Å². The summed E-state index contributed by atoms with van der Waals surface area (Å²) in [5.41, 5.74) is 1.09. The molecule has 0 radical (unpaired) electrons. The van der Waals surface area contributed by atoms with Gasteiger partial charge in [-0.05, 0) is 24.7 Å². The number of nitrogens with one attached hydrogen (secondary N) is 3. The zero-order chi connectivity index (χ0) is 15.2. The standard InChI is InChI=1S/C14H15N3O3S/c1-9(11-7-12(18)17-13(21)16-11)15-14(19)20-8-10-5-3-2-4-6-10/h2-7,9H,8H2,1H3,(H,15,19)(H2,16,17,18,21). The number of carbonyl (C=O) groups is 1. The summed E-state index contributed by atoms with van der Waals surface area (Å²) in [5, 5.41) is 2.63. The third kappa shape index (κ3) is 4.57. The quantitative estimate of drug-likeness (QED) is 0.757. The maximum atomic E-state index is 11.7. The molecule has 1 atom stereocenters. The first-order valence-corrected chi connectivity index (χ1v) is 6.76. The maximum absolute atomic E-state index is 11.7. The first kappa shape index (κ1) is 15.0. The zero-order valence-corrected chi connectivity index (χ0v) is 12.2. The minimum Gasteiger partial charge on any atom is -0.445 e. The van der Waals surface area contributed by atoms with Gasteiger partial charge in [0, 0.05) is 11.8 Å². The zero-order valence-electron chi connectivity index (χ0n) is 11.4. The molecule has 1 unspecified atom stereocenters. The minimum atomic E-state index is -0.564. The fourth-order valence-electron chi connectivity index (χ4n) is 1.74. The Bertz CT molecular complexity index is 696. The largest absolute Gasteiger partial charge is 0.445 e. The van der Waals surface area contributed by atoms with Crippen LogP contribution in [-0.2, 0) is 11.3 Å². The molecule has 2 rings (SSSR count). The molecular weight excluding hydrogens is 290 g/mol. The third-order valence-corrected chi connectivity index (χ3v) is 3.00. The highest BCUT2D eigenvalue weighted by Gasteiger charge is 2.11. The Balaban J connectivity index is 1.93. The summed E-state index contributed by atoms with van der Waals surface area (Å²) >= 11 is 4.88. The van der Waals surface area contributed by atoms with Crippen molar-refractivity contribution in [3.8, 4) is 0 Å². The van der Waals surface area contributed by atoms with Gasteiger partial charge in [0.1, 0.15) is 6.61 Å². The van der Waals surface area contributed by atoms with E-state index in [0.717, 1.165) is 5.56 Å². The van der Waals surface area contributed by atoms with Crippen molar-refractivity contribution in [2.24, 2.45) is 0 Å². The molecule has 0 aliphatic heterocycles. The van der Waals surface area contributed by atoms with Gasteiger partial charge in [-0.25, -0.2) is 4.79 Å². The Labute approximate surface area is 126 Å². The van der Waals surface area contributed by atoms with E-state index in [1.54, 1.807) is 6.92 Å². The van der Waals surface area contributed by atoms with Crippen molar-refractivity contribution < 1.29 is 9.53 Å². The topological polar surface area (TPSA) is 87.0 Å². The summed E-state index contributed by atoms with van der Waals surface area (Å²) in [4.78, 5) is 28.3. The Morgan fingerprint density at radius 2 is 2.05 bits per heavy atom. The molecule has 1 aromatic carbocycles. The van der Waals surface area contributed by atoms with Crippen LogP contribution >= 0.6 is 12.2 Å². The van der Waals surface area contributed by atoms with Crippen LogP contribution in [0.5, 0.6) is 0 Å². The molecule has 1 amide bonds. The first-order valence-electron chi connectivity index (χ1n) is 6.35. The lowest BCUT2D eigenvalue weighted by atomic mass is 10.2. The van der Waals surface area contributed by atoms with Gasteiger partial charge in [0.05, 0.1) is 6.04 Å². The van der Waals surface area contributed by atoms with Gasteiger partial charge in [0.25, 0.3) is 5.56 Å². The van der Waals surface area contributed by atoms with E-state index < -0.39 is 12.1 Å². The van der Waals surface area contributed by atoms with Gasteiger partial charge < -0.3 is 15.0 Å². The van der Waals surface area contributed by atoms with Crippen LogP contribution in [0, 0.1) is 4.77 Å². The summed E-state index contributed by atoms with van der Waals surface area (Å²) in [6.07, 6.45) is -0.564. The van der Waals surface area contributed by atoms with E-state index in [2.05, 4.69) is 15.3 Å². The number of aromatic nitrogens is 2.